The van der Waals surface area contributed by atoms with Gasteiger partial charge in [0, 0.05) is 11.5 Å². The Hall–Kier alpha value is -2.36. The summed E-state index contributed by atoms with van der Waals surface area (Å²) in [6.45, 7) is 10.3. The molecule has 0 aliphatic heterocycles. The summed E-state index contributed by atoms with van der Waals surface area (Å²) in [4.78, 5) is 24.2. The van der Waals surface area contributed by atoms with Crippen LogP contribution in [0.2, 0.25) is 0 Å². The second-order valence-electron chi connectivity index (χ2n) is 8.46. The predicted molar refractivity (Wildman–Crippen MR) is 105 cm³/mol. The molecule has 2 bridgehead atoms. The van der Waals surface area contributed by atoms with Crippen molar-refractivity contribution in [2.45, 2.75) is 46.1 Å². The number of hydrogen-bond donors (Lipinski definition) is 0. The first kappa shape index (κ1) is 19.4. The quantitative estimate of drug-likeness (QED) is 0.546. The minimum Gasteiger partial charge on any atom is -0.458 e. The Bertz CT molecular complexity index is 762. The van der Waals surface area contributed by atoms with Gasteiger partial charge in [-0.05, 0) is 42.2 Å². The Morgan fingerprint density at radius 2 is 1.93 bits per heavy atom. The molecular formula is C23H28O4. The summed E-state index contributed by atoms with van der Waals surface area (Å²) in [5.41, 5.74) is 1.25. The smallest absolute Gasteiger partial charge is 0.337 e. The minimum atomic E-state index is -0.513. The first-order valence-corrected chi connectivity index (χ1v) is 9.52. The van der Waals surface area contributed by atoms with Crippen LogP contribution < -0.4 is 0 Å². The van der Waals surface area contributed by atoms with Crippen LogP contribution in [0.15, 0.2) is 48.6 Å². The number of esters is 2. The van der Waals surface area contributed by atoms with Gasteiger partial charge in [0.25, 0.3) is 0 Å². The minimum absolute atomic E-state index is 0.00268. The van der Waals surface area contributed by atoms with E-state index in [4.69, 9.17) is 9.47 Å². The molecule has 0 N–H and O–H groups in total. The second-order valence-corrected chi connectivity index (χ2v) is 8.46. The van der Waals surface area contributed by atoms with Gasteiger partial charge in [-0.15, -0.1) is 0 Å². The molecule has 2 saturated carbocycles. The second kappa shape index (κ2) is 7.34. The monoisotopic (exact) mass is 368 g/mol. The molecule has 2 aliphatic carbocycles. The van der Waals surface area contributed by atoms with E-state index in [0.29, 0.717) is 5.92 Å². The van der Waals surface area contributed by atoms with Crippen LogP contribution in [0.4, 0.5) is 0 Å². The third-order valence-electron chi connectivity index (χ3n) is 6.85. The molecule has 2 aliphatic rings. The topological polar surface area (TPSA) is 52.6 Å². The lowest BCUT2D eigenvalue weighted by Crippen LogP contribution is -2.38. The lowest BCUT2D eigenvalue weighted by molar-refractivity contribution is -0.153. The lowest BCUT2D eigenvalue weighted by Gasteiger charge is -2.38. The van der Waals surface area contributed by atoms with Gasteiger partial charge in [0.1, 0.15) is 12.7 Å². The predicted octanol–water partition coefficient (Wildman–Crippen LogP) is 4.56. The van der Waals surface area contributed by atoms with Crippen molar-refractivity contribution >= 4 is 18.0 Å². The maximum Gasteiger partial charge on any atom is 0.337 e. The molecule has 0 heterocycles. The van der Waals surface area contributed by atoms with Crippen molar-refractivity contribution in [2.24, 2.45) is 16.7 Å². The molecule has 27 heavy (non-hydrogen) atoms. The van der Waals surface area contributed by atoms with Crippen LogP contribution in [0, 0.1) is 16.7 Å². The van der Waals surface area contributed by atoms with Gasteiger partial charge < -0.3 is 9.47 Å². The molecule has 3 rings (SSSR count). The van der Waals surface area contributed by atoms with Crippen LogP contribution in [-0.4, -0.2) is 24.6 Å². The van der Waals surface area contributed by atoms with Crippen molar-refractivity contribution in [2.75, 3.05) is 6.61 Å². The van der Waals surface area contributed by atoms with Gasteiger partial charge in [-0.3, -0.25) is 0 Å². The average Bonchev–Trinajstić information content (AvgIpc) is 2.98. The van der Waals surface area contributed by atoms with E-state index in [-0.39, 0.29) is 29.1 Å². The first-order chi connectivity index (χ1) is 12.7. The number of benzene rings is 1. The van der Waals surface area contributed by atoms with Crippen LogP contribution >= 0.6 is 0 Å². The number of rotatable bonds is 6. The number of hydrogen-bond acceptors (Lipinski definition) is 4. The van der Waals surface area contributed by atoms with E-state index in [0.717, 1.165) is 18.4 Å². The standard InChI is InChI=1S/C23H28O4/c1-16(15-26-20(24)11-10-17-8-6-5-7-9-17)21(25)27-19-14-18-12-13-23(19,4)22(18,2)3/h5-11,18-19H,1,12-15H2,2-4H3/b11-10+. The summed E-state index contributed by atoms with van der Waals surface area (Å²) in [7, 11) is 0. The highest BCUT2D eigenvalue weighted by molar-refractivity contribution is 5.90. The van der Waals surface area contributed by atoms with E-state index in [1.165, 1.54) is 12.5 Å². The fourth-order valence-electron chi connectivity index (χ4n) is 4.51. The normalized spacial score (nSPS) is 28.3. The number of fused-ring (bicyclic) bond motifs is 2. The Balaban J connectivity index is 1.48. The summed E-state index contributed by atoms with van der Waals surface area (Å²) >= 11 is 0. The molecule has 0 amide bonds. The summed E-state index contributed by atoms with van der Waals surface area (Å²) in [6.07, 6.45) is 6.10. The third-order valence-corrected chi connectivity index (χ3v) is 6.85. The molecule has 0 aromatic heterocycles. The maximum absolute atomic E-state index is 12.4. The van der Waals surface area contributed by atoms with Crippen molar-refractivity contribution in [3.63, 3.8) is 0 Å². The van der Waals surface area contributed by atoms with Crippen molar-refractivity contribution in [3.8, 4) is 0 Å². The summed E-state index contributed by atoms with van der Waals surface area (Å²) in [5.74, 6) is -0.389. The summed E-state index contributed by atoms with van der Waals surface area (Å²) < 4.78 is 10.9. The molecule has 1 aromatic rings. The average molecular weight is 368 g/mol. The van der Waals surface area contributed by atoms with Crippen LogP contribution in [0.25, 0.3) is 6.08 Å². The van der Waals surface area contributed by atoms with Crippen LogP contribution in [0.5, 0.6) is 0 Å². The zero-order valence-corrected chi connectivity index (χ0v) is 16.4. The van der Waals surface area contributed by atoms with E-state index in [2.05, 4.69) is 27.4 Å². The highest BCUT2D eigenvalue weighted by atomic mass is 16.6. The van der Waals surface area contributed by atoms with E-state index >= 15 is 0 Å². The van der Waals surface area contributed by atoms with E-state index in [1.807, 2.05) is 30.3 Å². The van der Waals surface area contributed by atoms with E-state index < -0.39 is 11.9 Å². The van der Waals surface area contributed by atoms with Crippen molar-refractivity contribution in [1.82, 2.24) is 0 Å². The zero-order chi connectivity index (χ0) is 19.7. The van der Waals surface area contributed by atoms with Crippen LogP contribution in [-0.2, 0) is 19.1 Å². The SMILES string of the molecule is C=C(COC(=O)/C=C/c1ccccc1)C(=O)OC1CC2CCC1(C)C2(C)C. The first-order valence-electron chi connectivity index (χ1n) is 9.52. The van der Waals surface area contributed by atoms with Crippen LogP contribution in [0.1, 0.15) is 45.6 Å². The van der Waals surface area contributed by atoms with Gasteiger partial charge in [-0.25, -0.2) is 9.59 Å². The Morgan fingerprint density at radius 3 is 2.52 bits per heavy atom. The maximum atomic E-state index is 12.4. The third kappa shape index (κ3) is 3.71. The van der Waals surface area contributed by atoms with Gasteiger partial charge in [0.05, 0.1) is 5.57 Å². The fraction of sp³-hybridized carbons (Fsp3) is 0.478. The molecule has 144 valence electrons. The Morgan fingerprint density at radius 1 is 1.22 bits per heavy atom. The number of carbonyl (C=O) groups is 2. The lowest BCUT2D eigenvalue weighted by atomic mass is 9.70. The summed E-state index contributed by atoms with van der Waals surface area (Å²) in [5, 5.41) is 0. The van der Waals surface area contributed by atoms with Crippen molar-refractivity contribution in [3.05, 3.63) is 54.1 Å². The highest BCUT2D eigenvalue weighted by Crippen LogP contribution is 2.66. The Kier molecular flexibility index (Phi) is 5.27. The number of carbonyl (C=O) groups excluding carboxylic acids is 2. The van der Waals surface area contributed by atoms with Gasteiger partial charge in [-0.1, -0.05) is 57.7 Å². The molecule has 3 atom stereocenters. The van der Waals surface area contributed by atoms with Gasteiger partial charge in [-0.2, -0.15) is 0 Å². The molecule has 0 spiro atoms. The largest absolute Gasteiger partial charge is 0.458 e. The van der Waals surface area contributed by atoms with Gasteiger partial charge in [0.15, 0.2) is 0 Å². The van der Waals surface area contributed by atoms with Crippen LogP contribution in [0.3, 0.4) is 0 Å². The molecule has 0 radical (unpaired) electrons. The Labute approximate surface area is 161 Å². The van der Waals surface area contributed by atoms with Gasteiger partial charge in [0.2, 0.25) is 0 Å². The van der Waals surface area contributed by atoms with E-state index in [1.54, 1.807) is 6.08 Å². The molecule has 1 aromatic carbocycles. The van der Waals surface area contributed by atoms with Crippen molar-refractivity contribution in [1.29, 1.82) is 0 Å². The summed E-state index contributed by atoms with van der Waals surface area (Å²) in [6, 6.07) is 9.46. The molecule has 0 saturated heterocycles. The molecule has 4 heteroatoms. The fourth-order valence-corrected chi connectivity index (χ4v) is 4.51. The molecular weight excluding hydrogens is 340 g/mol. The van der Waals surface area contributed by atoms with Crippen molar-refractivity contribution < 1.29 is 19.1 Å². The molecule has 2 fully saturated rings. The molecule has 4 nitrogen and oxygen atoms in total. The number of ether oxygens (including phenoxy) is 2. The zero-order valence-electron chi connectivity index (χ0n) is 16.4. The van der Waals surface area contributed by atoms with Gasteiger partial charge >= 0.3 is 11.9 Å². The van der Waals surface area contributed by atoms with E-state index in [9.17, 15) is 9.59 Å². The highest BCUT2D eigenvalue weighted by Gasteiger charge is 2.62. The molecule has 3 unspecified atom stereocenters.